The maximum atomic E-state index is 8.81. The van der Waals surface area contributed by atoms with Gasteiger partial charge in [-0.1, -0.05) is 47.6 Å². The van der Waals surface area contributed by atoms with Crippen molar-refractivity contribution in [1.82, 2.24) is 0 Å². The molecule has 0 N–H and O–H groups in total. The van der Waals surface area contributed by atoms with Crippen LogP contribution in [0.2, 0.25) is 0 Å². The summed E-state index contributed by atoms with van der Waals surface area (Å²) in [6.07, 6.45) is -0.436. The van der Waals surface area contributed by atoms with E-state index >= 15 is 0 Å². The first-order chi connectivity index (χ1) is 14.5. The molecule has 0 aliphatic carbocycles. The van der Waals surface area contributed by atoms with Gasteiger partial charge in [0.2, 0.25) is 5.69 Å². The highest BCUT2D eigenvalue weighted by atomic mass is 14.9. The van der Waals surface area contributed by atoms with Crippen molar-refractivity contribution in [2.75, 3.05) is 0 Å². The van der Waals surface area contributed by atoms with Crippen LogP contribution in [0.5, 0.6) is 0 Å². The molecule has 0 saturated heterocycles. The third-order valence-electron chi connectivity index (χ3n) is 4.23. The van der Waals surface area contributed by atoms with Crippen LogP contribution >= 0.6 is 0 Å². The normalized spacial score (nSPS) is 18.9. The Morgan fingerprint density at radius 3 is 2.12 bits per heavy atom. The molecule has 0 radical (unpaired) electrons. The molecular formula is C24H36N+. The molecule has 25 heavy (non-hydrogen) atoms. The van der Waals surface area contributed by atoms with Crippen molar-refractivity contribution in [3.05, 3.63) is 52.2 Å². The Morgan fingerprint density at radius 1 is 0.960 bits per heavy atom. The molecule has 0 aliphatic heterocycles. The Morgan fingerprint density at radius 2 is 1.60 bits per heavy atom. The fourth-order valence-electron chi connectivity index (χ4n) is 3.03. The lowest BCUT2D eigenvalue weighted by atomic mass is 9.81. The molecule has 0 amide bonds. The van der Waals surface area contributed by atoms with Crippen LogP contribution in [0.3, 0.4) is 0 Å². The van der Waals surface area contributed by atoms with Gasteiger partial charge >= 0.3 is 0 Å². The fraction of sp³-hybridized carbons (Fsp3) is 0.542. The largest absolute Gasteiger partial charge is 0.212 e. The minimum atomic E-state index is -2.49. The summed E-state index contributed by atoms with van der Waals surface area (Å²) < 4.78 is 67.4. The van der Waals surface area contributed by atoms with Crippen LogP contribution in [0.25, 0.3) is 11.3 Å². The van der Waals surface area contributed by atoms with Gasteiger partial charge in [0.15, 0.2) is 6.20 Å². The molecule has 2 rings (SSSR count). The van der Waals surface area contributed by atoms with Gasteiger partial charge in [-0.2, -0.15) is 0 Å². The van der Waals surface area contributed by atoms with E-state index in [1.54, 1.807) is 44.5 Å². The fourth-order valence-corrected chi connectivity index (χ4v) is 3.03. The van der Waals surface area contributed by atoms with E-state index in [1.807, 2.05) is 33.8 Å². The van der Waals surface area contributed by atoms with Crippen molar-refractivity contribution in [1.29, 1.82) is 0 Å². The molecule has 1 aromatic carbocycles. The average molecular weight is 347 g/mol. The third kappa shape index (κ3) is 4.51. The monoisotopic (exact) mass is 346 g/mol. The Labute approximate surface area is 166 Å². The molecule has 0 spiro atoms. The van der Waals surface area contributed by atoms with E-state index in [1.165, 1.54) is 6.20 Å². The smallest absolute Gasteiger partial charge is 0.201 e. The lowest BCUT2D eigenvalue weighted by molar-refractivity contribution is -0.660. The van der Waals surface area contributed by atoms with E-state index < -0.39 is 30.9 Å². The second-order valence-corrected chi connectivity index (χ2v) is 8.93. The number of hydrogen-bond donors (Lipinski definition) is 0. The summed E-state index contributed by atoms with van der Waals surface area (Å²) >= 11 is 0. The molecule has 0 atom stereocenters. The standard InChI is InChI=1S/C24H36N/c1-16-11-17(2)21(24(7,8)9)13-20(16)22-12-19(14-23(4,5)6)18(3)15-25(22)10/h11-13,15H,14H2,1-10H3/q+1/i2D3,3D3,14D2. The van der Waals surface area contributed by atoms with Gasteiger partial charge in [-0.3, -0.25) is 0 Å². The first kappa shape index (κ1) is 11.2. The van der Waals surface area contributed by atoms with Crippen molar-refractivity contribution in [2.45, 2.75) is 74.0 Å². The SMILES string of the molecule is [2H]C([2H])([2H])c1cc(C)c(-c2cc(C([2H])([2H])C(C)(C)C)c(C([2H])([2H])[2H])c[n+]2C)cc1C(C)(C)C. The molecule has 2 aromatic rings. The van der Waals surface area contributed by atoms with E-state index in [0.29, 0.717) is 16.8 Å². The molecule has 1 nitrogen and oxygen atoms in total. The summed E-state index contributed by atoms with van der Waals surface area (Å²) in [6, 6.07) is 5.16. The highest BCUT2D eigenvalue weighted by Crippen LogP contribution is 2.33. The van der Waals surface area contributed by atoms with Gasteiger partial charge in [0.05, 0.1) is 0 Å². The third-order valence-corrected chi connectivity index (χ3v) is 4.23. The maximum absolute atomic E-state index is 8.81. The van der Waals surface area contributed by atoms with Gasteiger partial charge in [-0.05, 0) is 66.2 Å². The Bertz CT molecular complexity index is 1050. The molecule has 1 heterocycles. The number of pyridine rings is 1. The maximum Gasteiger partial charge on any atom is 0.212 e. The van der Waals surface area contributed by atoms with Crippen molar-refractivity contribution in [3.63, 3.8) is 0 Å². The van der Waals surface area contributed by atoms with Gasteiger partial charge in [-0.25, -0.2) is 4.57 Å². The van der Waals surface area contributed by atoms with Crippen LogP contribution in [0.4, 0.5) is 0 Å². The lowest BCUT2D eigenvalue weighted by Crippen LogP contribution is -2.32. The summed E-state index contributed by atoms with van der Waals surface area (Å²) in [5.41, 5.74) is 1.90. The Kier molecular flexibility index (Phi) is 2.94. The Balaban J connectivity index is 2.99. The Hall–Kier alpha value is -1.63. The number of aromatic nitrogens is 1. The van der Waals surface area contributed by atoms with Gasteiger partial charge in [0.1, 0.15) is 7.05 Å². The number of rotatable bonds is 2. The first-order valence-corrected chi connectivity index (χ1v) is 8.70. The highest BCUT2D eigenvalue weighted by Gasteiger charge is 2.23. The minimum Gasteiger partial charge on any atom is -0.201 e. The predicted molar refractivity (Wildman–Crippen MR) is 109 cm³/mol. The number of nitrogens with zero attached hydrogens (tertiary/aromatic N) is 1. The average Bonchev–Trinajstić information content (AvgIpc) is 2.57. The number of benzene rings is 1. The van der Waals surface area contributed by atoms with Crippen LogP contribution in [0.1, 0.15) is 80.3 Å². The molecule has 0 unspecified atom stereocenters. The zero-order chi connectivity index (χ0) is 25.9. The summed E-state index contributed by atoms with van der Waals surface area (Å²) in [4.78, 5) is 0. The summed E-state index contributed by atoms with van der Waals surface area (Å²) in [6.45, 7) is 8.18. The second-order valence-electron chi connectivity index (χ2n) is 8.93. The van der Waals surface area contributed by atoms with E-state index in [0.717, 1.165) is 11.1 Å². The van der Waals surface area contributed by atoms with E-state index in [-0.39, 0.29) is 11.1 Å². The van der Waals surface area contributed by atoms with Gasteiger partial charge in [0.25, 0.3) is 0 Å². The lowest BCUT2D eigenvalue weighted by Gasteiger charge is -2.24. The molecule has 0 aliphatic rings. The molecule has 0 saturated carbocycles. The predicted octanol–water partition coefficient (Wildman–Crippen LogP) is 5.99. The van der Waals surface area contributed by atoms with Crippen molar-refractivity contribution in [3.8, 4) is 11.3 Å². The van der Waals surface area contributed by atoms with Crippen molar-refractivity contribution < 1.29 is 15.5 Å². The van der Waals surface area contributed by atoms with Gasteiger partial charge in [0, 0.05) is 28.2 Å². The zero-order valence-corrected chi connectivity index (χ0v) is 16.8. The minimum absolute atomic E-state index is 0.0264. The van der Waals surface area contributed by atoms with Crippen LogP contribution in [0.15, 0.2) is 24.4 Å². The zero-order valence-electron chi connectivity index (χ0n) is 24.8. The van der Waals surface area contributed by atoms with E-state index in [2.05, 4.69) is 0 Å². The summed E-state index contributed by atoms with van der Waals surface area (Å²) in [5.74, 6) is 0. The van der Waals surface area contributed by atoms with Crippen LogP contribution in [-0.2, 0) is 18.8 Å². The summed E-state index contributed by atoms with van der Waals surface area (Å²) in [5, 5.41) is 0. The van der Waals surface area contributed by atoms with Crippen LogP contribution in [0, 0.1) is 26.0 Å². The molecule has 1 heteroatoms. The number of hydrogen-bond acceptors (Lipinski definition) is 0. The summed E-state index contributed by atoms with van der Waals surface area (Å²) in [7, 11) is 1.73. The molecule has 1 aromatic heterocycles. The number of aryl methyl sites for hydroxylation is 4. The van der Waals surface area contributed by atoms with Crippen molar-refractivity contribution >= 4 is 0 Å². The molecule has 0 bridgehead atoms. The van der Waals surface area contributed by atoms with Crippen LogP contribution < -0.4 is 4.57 Å². The highest BCUT2D eigenvalue weighted by molar-refractivity contribution is 5.65. The van der Waals surface area contributed by atoms with Crippen molar-refractivity contribution in [2.24, 2.45) is 12.5 Å². The second kappa shape index (κ2) is 6.59. The quantitative estimate of drug-likeness (QED) is 0.588. The van der Waals surface area contributed by atoms with Crippen LogP contribution in [-0.4, -0.2) is 0 Å². The van der Waals surface area contributed by atoms with Gasteiger partial charge in [-0.15, -0.1) is 0 Å². The molecule has 0 fully saturated rings. The first-order valence-electron chi connectivity index (χ1n) is 12.7. The molecule has 136 valence electrons. The molecular weight excluding hydrogens is 302 g/mol. The van der Waals surface area contributed by atoms with E-state index in [4.69, 9.17) is 11.0 Å². The van der Waals surface area contributed by atoms with E-state index in [9.17, 15) is 0 Å². The topological polar surface area (TPSA) is 3.88 Å². The van der Waals surface area contributed by atoms with Gasteiger partial charge < -0.3 is 0 Å².